The van der Waals surface area contributed by atoms with Gasteiger partial charge in [0, 0.05) is 23.7 Å². The van der Waals surface area contributed by atoms with E-state index in [0.29, 0.717) is 12.4 Å². The number of pyridine rings is 1. The minimum atomic E-state index is -0.0268. The fourth-order valence-electron chi connectivity index (χ4n) is 1.25. The summed E-state index contributed by atoms with van der Waals surface area (Å²) < 4.78 is 5.12. The summed E-state index contributed by atoms with van der Waals surface area (Å²) in [5.74, 6) is 0.654. The van der Waals surface area contributed by atoms with Crippen molar-refractivity contribution < 1.29 is 4.74 Å². The van der Waals surface area contributed by atoms with Gasteiger partial charge in [0.25, 0.3) is 0 Å². The zero-order valence-corrected chi connectivity index (χ0v) is 9.29. The average molecular weight is 194 g/mol. The molecule has 0 radical (unpaired) electrons. The Balaban J connectivity index is 3.15. The zero-order chi connectivity index (χ0) is 10.8. The Labute approximate surface area is 85.3 Å². The summed E-state index contributed by atoms with van der Waals surface area (Å²) in [5, 5.41) is 0. The molecule has 3 nitrogen and oxygen atoms in total. The highest BCUT2D eigenvalue weighted by atomic mass is 16.5. The number of aromatic nitrogens is 1. The largest absolute Gasteiger partial charge is 0.481 e. The minimum Gasteiger partial charge on any atom is -0.481 e. The molecule has 78 valence electrons. The van der Waals surface area contributed by atoms with Crippen molar-refractivity contribution in [2.75, 3.05) is 13.7 Å². The van der Waals surface area contributed by atoms with Crippen molar-refractivity contribution in [3.05, 3.63) is 23.4 Å². The zero-order valence-electron chi connectivity index (χ0n) is 9.29. The maximum atomic E-state index is 5.72. The van der Waals surface area contributed by atoms with Crippen molar-refractivity contribution >= 4 is 0 Å². The molecular weight excluding hydrogens is 176 g/mol. The van der Waals surface area contributed by atoms with Gasteiger partial charge in [-0.1, -0.05) is 13.8 Å². The highest BCUT2D eigenvalue weighted by molar-refractivity contribution is 5.30. The lowest BCUT2D eigenvalue weighted by molar-refractivity contribution is 0.394. The lowest BCUT2D eigenvalue weighted by Crippen LogP contribution is -2.28. The Hall–Kier alpha value is -1.09. The summed E-state index contributed by atoms with van der Waals surface area (Å²) in [6, 6.07) is 4.00. The van der Waals surface area contributed by atoms with Crippen LogP contribution in [0.5, 0.6) is 5.88 Å². The Morgan fingerprint density at radius 3 is 2.57 bits per heavy atom. The number of ether oxygens (including phenoxy) is 1. The molecule has 1 aromatic rings. The predicted octanol–water partition coefficient (Wildman–Crippen LogP) is 1.63. The second kappa shape index (κ2) is 3.96. The van der Waals surface area contributed by atoms with E-state index in [-0.39, 0.29) is 5.41 Å². The van der Waals surface area contributed by atoms with E-state index in [9.17, 15) is 0 Å². The van der Waals surface area contributed by atoms with E-state index in [4.69, 9.17) is 10.5 Å². The SMILES string of the molecule is COc1cc(C(C)(C)CN)cc(C)n1. The first-order valence-corrected chi connectivity index (χ1v) is 4.73. The van der Waals surface area contributed by atoms with E-state index in [0.717, 1.165) is 5.69 Å². The molecule has 1 aromatic heterocycles. The second-order valence-corrected chi connectivity index (χ2v) is 4.13. The normalized spacial score (nSPS) is 11.5. The third-order valence-electron chi connectivity index (χ3n) is 2.43. The summed E-state index contributed by atoms with van der Waals surface area (Å²) >= 11 is 0. The topological polar surface area (TPSA) is 48.1 Å². The Kier molecular flexibility index (Phi) is 3.11. The minimum absolute atomic E-state index is 0.0268. The average Bonchev–Trinajstić information content (AvgIpc) is 2.16. The number of hydrogen-bond acceptors (Lipinski definition) is 3. The molecule has 0 spiro atoms. The maximum Gasteiger partial charge on any atom is 0.213 e. The van der Waals surface area contributed by atoms with Crippen LogP contribution in [0.4, 0.5) is 0 Å². The fourth-order valence-corrected chi connectivity index (χ4v) is 1.25. The number of hydrogen-bond donors (Lipinski definition) is 1. The van der Waals surface area contributed by atoms with Crippen LogP contribution in [0.3, 0.4) is 0 Å². The van der Waals surface area contributed by atoms with Crippen LogP contribution in [0, 0.1) is 6.92 Å². The Morgan fingerprint density at radius 2 is 2.07 bits per heavy atom. The summed E-state index contributed by atoms with van der Waals surface area (Å²) in [4.78, 5) is 4.24. The molecule has 2 N–H and O–H groups in total. The van der Waals surface area contributed by atoms with Crippen LogP contribution in [0.25, 0.3) is 0 Å². The van der Waals surface area contributed by atoms with Gasteiger partial charge in [-0.3, -0.25) is 0 Å². The third kappa shape index (κ3) is 2.23. The molecule has 0 aliphatic rings. The van der Waals surface area contributed by atoms with Gasteiger partial charge >= 0.3 is 0 Å². The molecule has 0 bridgehead atoms. The first-order valence-electron chi connectivity index (χ1n) is 4.73. The molecule has 0 saturated carbocycles. The second-order valence-electron chi connectivity index (χ2n) is 4.13. The van der Waals surface area contributed by atoms with Gasteiger partial charge in [0.15, 0.2) is 0 Å². The Bertz CT molecular complexity index is 321. The molecule has 0 aliphatic heterocycles. The van der Waals surface area contributed by atoms with Crippen molar-refractivity contribution in [3.8, 4) is 5.88 Å². The standard InChI is InChI=1S/C11H18N2O/c1-8-5-9(11(2,3)7-12)6-10(13-8)14-4/h5-6H,7,12H2,1-4H3. The molecule has 1 rings (SSSR count). The van der Waals surface area contributed by atoms with Gasteiger partial charge in [-0.05, 0) is 18.6 Å². The molecule has 0 fully saturated rings. The summed E-state index contributed by atoms with van der Waals surface area (Å²) in [5.41, 5.74) is 7.82. The van der Waals surface area contributed by atoms with Gasteiger partial charge in [-0.15, -0.1) is 0 Å². The van der Waals surface area contributed by atoms with Crippen LogP contribution >= 0.6 is 0 Å². The summed E-state index contributed by atoms with van der Waals surface area (Å²) in [6.07, 6.45) is 0. The maximum absolute atomic E-state index is 5.72. The fraction of sp³-hybridized carbons (Fsp3) is 0.545. The monoisotopic (exact) mass is 194 g/mol. The van der Waals surface area contributed by atoms with Crippen molar-refractivity contribution in [1.29, 1.82) is 0 Å². The van der Waals surface area contributed by atoms with Crippen LogP contribution in [-0.4, -0.2) is 18.6 Å². The first-order chi connectivity index (χ1) is 6.49. The van der Waals surface area contributed by atoms with E-state index in [1.807, 2.05) is 13.0 Å². The molecule has 0 aromatic carbocycles. The van der Waals surface area contributed by atoms with Crippen molar-refractivity contribution in [2.45, 2.75) is 26.2 Å². The Morgan fingerprint density at radius 1 is 1.43 bits per heavy atom. The van der Waals surface area contributed by atoms with E-state index >= 15 is 0 Å². The van der Waals surface area contributed by atoms with Crippen LogP contribution < -0.4 is 10.5 Å². The molecule has 1 heterocycles. The van der Waals surface area contributed by atoms with Crippen molar-refractivity contribution in [2.24, 2.45) is 5.73 Å². The number of methoxy groups -OCH3 is 1. The molecular formula is C11H18N2O. The van der Waals surface area contributed by atoms with Crippen LogP contribution in [0.15, 0.2) is 12.1 Å². The summed E-state index contributed by atoms with van der Waals surface area (Å²) in [6.45, 7) is 6.79. The smallest absolute Gasteiger partial charge is 0.213 e. The predicted molar refractivity (Wildman–Crippen MR) is 57.6 cm³/mol. The van der Waals surface area contributed by atoms with Gasteiger partial charge < -0.3 is 10.5 Å². The molecule has 0 amide bonds. The third-order valence-corrected chi connectivity index (χ3v) is 2.43. The van der Waals surface area contributed by atoms with Crippen LogP contribution in [-0.2, 0) is 5.41 Å². The van der Waals surface area contributed by atoms with Gasteiger partial charge in [0.2, 0.25) is 5.88 Å². The van der Waals surface area contributed by atoms with E-state index in [1.54, 1.807) is 7.11 Å². The lowest BCUT2D eigenvalue weighted by Gasteiger charge is -2.23. The van der Waals surface area contributed by atoms with Gasteiger partial charge in [-0.25, -0.2) is 4.98 Å². The van der Waals surface area contributed by atoms with Crippen molar-refractivity contribution in [1.82, 2.24) is 4.98 Å². The molecule has 0 aliphatic carbocycles. The molecule has 14 heavy (non-hydrogen) atoms. The van der Waals surface area contributed by atoms with Crippen molar-refractivity contribution in [3.63, 3.8) is 0 Å². The molecule has 0 saturated heterocycles. The molecule has 0 atom stereocenters. The quantitative estimate of drug-likeness (QED) is 0.795. The number of aryl methyl sites for hydroxylation is 1. The first kappa shape index (κ1) is 11.0. The van der Waals surface area contributed by atoms with E-state index in [1.165, 1.54) is 5.56 Å². The molecule has 3 heteroatoms. The lowest BCUT2D eigenvalue weighted by atomic mass is 9.85. The molecule has 0 unspecified atom stereocenters. The number of nitrogens with two attached hydrogens (primary N) is 1. The van der Waals surface area contributed by atoms with Gasteiger partial charge in [-0.2, -0.15) is 0 Å². The van der Waals surface area contributed by atoms with Gasteiger partial charge in [0.1, 0.15) is 0 Å². The van der Waals surface area contributed by atoms with Crippen LogP contribution in [0.1, 0.15) is 25.1 Å². The van der Waals surface area contributed by atoms with E-state index < -0.39 is 0 Å². The highest BCUT2D eigenvalue weighted by Gasteiger charge is 2.19. The van der Waals surface area contributed by atoms with Crippen LogP contribution in [0.2, 0.25) is 0 Å². The number of rotatable bonds is 3. The number of nitrogens with zero attached hydrogens (tertiary/aromatic N) is 1. The highest BCUT2D eigenvalue weighted by Crippen LogP contribution is 2.25. The van der Waals surface area contributed by atoms with E-state index in [2.05, 4.69) is 24.9 Å². The van der Waals surface area contributed by atoms with Gasteiger partial charge in [0.05, 0.1) is 7.11 Å². The summed E-state index contributed by atoms with van der Waals surface area (Å²) in [7, 11) is 1.63.